The Hall–Kier alpha value is -2.17. The summed E-state index contributed by atoms with van der Waals surface area (Å²) in [6, 6.07) is 12.3. The first-order valence-electron chi connectivity index (χ1n) is 8.29. The molecule has 1 heterocycles. The van der Waals surface area contributed by atoms with E-state index in [0.29, 0.717) is 16.5 Å². The lowest BCUT2D eigenvalue weighted by atomic mass is 9.95. The van der Waals surface area contributed by atoms with Gasteiger partial charge in [0.1, 0.15) is 16.7 Å². The van der Waals surface area contributed by atoms with Crippen molar-refractivity contribution in [2.24, 2.45) is 0 Å². The molecule has 10 heteroatoms. The van der Waals surface area contributed by atoms with Crippen LogP contribution in [0, 0.1) is 0 Å². The van der Waals surface area contributed by atoms with Crippen molar-refractivity contribution in [2.45, 2.75) is 22.2 Å². The molecule has 0 radical (unpaired) electrons. The van der Waals surface area contributed by atoms with Crippen molar-refractivity contribution < 1.29 is 33.0 Å². The van der Waals surface area contributed by atoms with Crippen LogP contribution in [0.3, 0.4) is 0 Å². The predicted molar refractivity (Wildman–Crippen MR) is 99.3 cm³/mol. The van der Waals surface area contributed by atoms with E-state index in [9.17, 15) is 18.3 Å². The first-order valence-corrected chi connectivity index (χ1v) is 10.2. The number of hydrogen-bond donors (Lipinski definition) is 3. The summed E-state index contributed by atoms with van der Waals surface area (Å²) < 4.78 is 36.7. The Balaban J connectivity index is 1.86. The van der Waals surface area contributed by atoms with Crippen LogP contribution >= 0.6 is 11.6 Å². The van der Waals surface area contributed by atoms with Crippen molar-refractivity contribution in [3.8, 4) is 11.5 Å². The molecule has 150 valence electrons. The highest BCUT2D eigenvalue weighted by Gasteiger charge is 2.53. The molecule has 0 saturated carbocycles. The number of hydroxylamine groups is 1. The molecule has 0 aliphatic carbocycles. The molecule has 2 aromatic carbocycles. The fourth-order valence-corrected chi connectivity index (χ4v) is 5.12. The number of aliphatic hydroxyl groups is 1. The summed E-state index contributed by atoms with van der Waals surface area (Å²) in [5.74, 6) is -0.361. The van der Waals surface area contributed by atoms with E-state index >= 15 is 0 Å². The highest BCUT2D eigenvalue weighted by Crippen LogP contribution is 2.32. The van der Waals surface area contributed by atoms with E-state index < -0.39 is 33.2 Å². The Labute approximate surface area is 166 Å². The molecule has 0 spiro atoms. The molecular weight excluding hydrogens is 410 g/mol. The lowest BCUT2D eigenvalue weighted by molar-refractivity contribution is -0.161. The minimum atomic E-state index is -4.10. The lowest BCUT2D eigenvalue weighted by Gasteiger charge is -2.36. The third-order valence-corrected chi connectivity index (χ3v) is 6.97. The van der Waals surface area contributed by atoms with Crippen LogP contribution in [0.25, 0.3) is 0 Å². The SMILES string of the molecule is O=C(NO)C1(O)COCCC1S(=O)(=O)c1ccc(Oc2cccc(Cl)c2)cc1. The molecule has 2 aromatic rings. The number of carbonyl (C=O) groups is 1. The zero-order valence-corrected chi connectivity index (χ0v) is 16.1. The molecule has 3 rings (SSSR count). The average Bonchev–Trinajstić information content (AvgIpc) is 2.68. The van der Waals surface area contributed by atoms with Gasteiger partial charge in [0, 0.05) is 11.6 Å². The van der Waals surface area contributed by atoms with E-state index in [-0.39, 0.29) is 17.9 Å². The number of ether oxygens (including phenoxy) is 2. The van der Waals surface area contributed by atoms with Gasteiger partial charge in [0.05, 0.1) is 11.5 Å². The highest BCUT2D eigenvalue weighted by atomic mass is 35.5. The molecule has 0 bridgehead atoms. The van der Waals surface area contributed by atoms with Crippen molar-refractivity contribution in [1.82, 2.24) is 5.48 Å². The number of rotatable bonds is 5. The molecular formula is C18H18ClNO7S. The summed E-state index contributed by atoms with van der Waals surface area (Å²) in [4.78, 5) is 11.8. The predicted octanol–water partition coefficient (Wildman–Crippen LogP) is 1.93. The number of hydrogen-bond acceptors (Lipinski definition) is 7. The lowest BCUT2D eigenvalue weighted by Crippen LogP contribution is -2.62. The zero-order chi connectivity index (χ0) is 20.4. The summed E-state index contributed by atoms with van der Waals surface area (Å²) in [5, 5.41) is 18.5. The topological polar surface area (TPSA) is 122 Å². The summed E-state index contributed by atoms with van der Waals surface area (Å²) in [5.41, 5.74) is -1.10. The molecule has 1 amide bonds. The number of sulfone groups is 1. The minimum Gasteiger partial charge on any atom is -0.457 e. The van der Waals surface area contributed by atoms with Crippen molar-refractivity contribution in [2.75, 3.05) is 13.2 Å². The Morgan fingerprint density at radius 2 is 1.93 bits per heavy atom. The molecule has 1 fully saturated rings. The quantitative estimate of drug-likeness (QED) is 0.492. The smallest absolute Gasteiger partial charge is 0.279 e. The van der Waals surface area contributed by atoms with Crippen molar-refractivity contribution in [3.63, 3.8) is 0 Å². The second-order valence-electron chi connectivity index (χ2n) is 6.27. The average molecular weight is 428 g/mol. The van der Waals surface area contributed by atoms with Gasteiger partial charge in [-0.2, -0.15) is 0 Å². The third kappa shape index (κ3) is 3.98. The van der Waals surface area contributed by atoms with E-state index in [1.807, 2.05) is 0 Å². The molecule has 1 aliphatic heterocycles. The van der Waals surface area contributed by atoms with Crippen molar-refractivity contribution in [3.05, 3.63) is 53.6 Å². The van der Waals surface area contributed by atoms with Crippen LogP contribution in [0.5, 0.6) is 11.5 Å². The van der Waals surface area contributed by atoms with Crippen LogP contribution in [0.4, 0.5) is 0 Å². The van der Waals surface area contributed by atoms with Crippen LogP contribution in [0.2, 0.25) is 5.02 Å². The van der Waals surface area contributed by atoms with Crippen LogP contribution in [0.15, 0.2) is 53.4 Å². The Kier molecular flexibility index (Phi) is 5.92. The number of nitrogens with one attached hydrogen (secondary N) is 1. The number of benzene rings is 2. The molecule has 3 N–H and O–H groups in total. The van der Waals surface area contributed by atoms with E-state index in [1.165, 1.54) is 29.7 Å². The maximum Gasteiger partial charge on any atom is 0.279 e. The number of amides is 1. The number of carbonyl (C=O) groups excluding carboxylic acids is 1. The molecule has 1 saturated heterocycles. The van der Waals surface area contributed by atoms with Gasteiger partial charge in [0.2, 0.25) is 0 Å². The van der Waals surface area contributed by atoms with Crippen LogP contribution in [0.1, 0.15) is 6.42 Å². The monoisotopic (exact) mass is 427 g/mol. The van der Waals surface area contributed by atoms with E-state index in [2.05, 4.69) is 0 Å². The third-order valence-electron chi connectivity index (χ3n) is 4.43. The highest BCUT2D eigenvalue weighted by molar-refractivity contribution is 7.92. The summed E-state index contributed by atoms with van der Waals surface area (Å²) in [6.45, 7) is -0.486. The molecule has 2 unspecified atom stereocenters. The van der Waals surface area contributed by atoms with Crippen molar-refractivity contribution >= 4 is 27.3 Å². The molecule has 1 aliphatic rings. The number of halogens is 1. The standard InChI is InChI=1S/C18H18ClNO7S/c19-12-2-1-3-14(10-12)27-13-4-6-15(7-5-13)28(24,25)16-8-9-26-11-18(16,22)17(21)20-23/h1-7,10,16,22-23H,8-9,11H2,(H,20,21). The Bertz CT molecular complexity index is 964. The first kappa shape index (κ1) is 20.6. The van der Waals surface area contributed by atoms with Gasteiger partial charge >= 0.3 is 0 Å². The van der Waals surface area contributed by atoms with Gasteiger partial charge in [-0.05, 0) is 48.9 Å². The van der Waals surface area contributed by atoms with Gasteiger partial charge in [0.15, 0.2) is 15.4 Å². The fraction of sp³-hybridized carbons (Fsp3) is 0.278. The summed E-state index contributed by atoms with van der Waals surface area (Å²) in [6.07, 6.45) is -0.104. The second kappa shape index (κ2) is 8.06. The van der Waals surface area contributed by atoms with Gasteiger partial charge in [-0.1, -0.05) is 17.7 Å². The zero-order valence-electron chi connectivity index (χ0n) is 14.5. The van der Waals surface area contributed by atoms with Gasteiger partial charge in [-0.15, -0.1) is 0 Å². The summed E-state index contributed by atoms with van der Waals surface area (Å²) >= 11 is 5.90. The molecule has 0 aromatic heterocycles. The maximum atomic E-state index is 13.0. The fourth-order valence-electron chi connectivity index (χ4n) is 3.00. The van der Waals surface area contributed by atoms with Crippen molar-refractivity contribution in [1.29, 1.82) is 0 Å². The van der Waals surface area contributed by atoms with Gasteiger partial charge < -0.3 is 14.6 Å². The molecule has 2 atom stereocenters. The van der Waals surface area contributed by atoms with Crippen LogP contribution in [-0.2, 0) is 19.4 Å². The first-order chi connectivity index (χ1) is 13.3. The molecule has 8 nitrogen and oxygen atoms in total. The summed E-state index contributed by atoms with van der Waals surface area (Å²) in [7, 11) is -4.10. The van der Waals surface area contributed by atoms with E-state index in [4.69, 9.17) is 26.3 Å². The second-order valence-corrected chi connectivity index (χ2v) is 8.84. The van der Waals surface area contributed by atoms with Crippen LogP contribution < -0.4 is 10.2 Å². The normalized spacial score (nSPS) is 22.5. The van der Waals surface area contributed by atoms with Gasteiger partial charge in [-0.25, -0.2) is 13.9 Å². The Morgan fingerprint density at radius 3 is 2.57 bits per heavy atom. The van der Waals surface area contributed by atoms with E-state index in [1.54, 1.807) is 24.3 Å². The largest absolute Gasteiger partial charge is 0.457 e. The molecule has 28 heavy (non-hydrogen) atoms. The minimum absolute atomic E-state index is 0.0564. The van der Waals surface area contributed by atoms with E-state index in [0.717, 1.165) is 0 Å². The van der Waals surface area contributed by atoms with Crippen LogP contribution in [-0.4, -0.2) is 48.7 Å². The maximum absolute atomic E-state index is 13.0. The van der Waals surface area contributed by atoms with Gasteiger partial charge in [-0.3, -0.25) is 10.0 Å². The van der Waals surface area contributed by atoms with Gasteiger partial charge in [0.25, 0.3) is 5.91 Å². The Morgan fingerprint density at radius 1 is 1.21 bits per heavy atom.